The molecule has 22 heavy (non-hydrogen) atoms. The lowest BCUT2D eigenvalue weighted by atomic mass is 9.83. The Labute approximate surface area is 127 Å². The van der Waals surface area contributed by atoms with Crippen LogP contribution in [-0.4, -0.2) is 33.8 Å². The Kier molecular flexibility index (Phi) is 2.91. The summed E-state index contributed by atoms with van der Waals surface area (Å²) in [5.41, 5.74) is 0.405. The van der Waals surface area contributed by atoms with E-state index in [0.29, 0.717) is 19.6 Å². The van der Waals surface area contributed by atoms with Crippen molar-refractivity contribution >= 4 is 5.78 Å². The van der Waals surface area contributed by atoms with Gasteiger partial charge in [0.1, 0.15) is 0 Å². The minimum absolute atomic E-state index is 0.101. The number of Topliss-reactive ketones (excluding diaryl/α,β-unsaturated/α-hetero) is 1. The van der Waals surface area contributed by atoms with Crippen LogP contribution >= 0.6 is 0 Å². The Morgan fingerprint density at radius 1 is 1.36 bits per heavy atom. The minimum Gasteiger partial charge on any atom is -0.379 e. The first-order valence-electron chi connectivity index (χ1n) is 7.36. The van der Waals surface area contributed by atoms with E-state index in [1.807, 2.05) is 37.3 Å². The van der Waals surface area contributed by atoms with Gasteiger partial charge in [-0.15, -0.1) is 5.10 Å². The second-order valence-electron chi connectivity index (χ2n) is 6.25. The zero-order valence-electron chi connectivity index (χ0n) is 12.2. The molecule has 2 aliphatic rings. The van der Waals surface area contributed by atoms with Gasteiger partial charge in [-0.1, -0.05) is 30.3 Å². The summed E-state index contributed by atoms with van der Waals surface area (Å²) in [6, 6.07) is 9.42. The number of aromatic nitrogens is 3. The number of fused-ring (bicyclic) bond motifs is 1. The Balaban J connectivity index is 1.70. The Bertz CT molecular complexity index is 724. The maximum atomic E-state index is 14.3. The predicted molar refractivity (Wildman–Crippen MR) is 76.3 cm³/mol. The van der Waals surface area contributed by atoms with E-state index in [-0.39, 0.29) is 23.5 Å². The van der Waals surface area contributed by atoms with Crippen LogP contribution in [0.4, 0.5) is 4.39 Å². The average molecular weight is 301 g/mol. The Hall–Kier alpha value is -2.08. The lowest BCUT2D eigenvalue weighted by Gasteiger charge is -2.35. The number of hydrogen-bond donors (Lipinski definition) is 0. The van der Waals surface area contributed by atoms with Gasteiger partial charge in [-0.05, 0) is 12.5 Å². The van der Waals surface area contributed by atoms with Gasteiger partial charge >= 0.3 is 0 Å². The van der Waals surface area contributed by atoms with Crippen LogP contribution < -0.4 is 0 Å². The molecule has 0 bridgehead atoms. The van der Waals surface area contributed by atoms with Crippen molar-refractivity contribution in [3.8, 4) is 0 Å². The summed E-state index contributed by atoms with van der Waals surface area (Å²) in [5, 5.41) is 4.31. The van der Waals surface area contributed by atoms with Crippen LogP contribution in [0.2, 0.25) is 0 Å². The number of carbonyl (C=O) groups is 1. The van der Waals surface area contributed by atoms with E-state index in [1.54, 1.807) is 4.68 Å². The van der Waals surface area contributed by atoms with E-state index in [0.717, 1.165) is 5.56 Å². The maximum Gasteiger partial charge on any atom is 0.218 e. The molecule has 0 amide bonds. The number of alkyl halides is 1. The first-order valence-corrected chi connectivity index (χ1v) is 7.36. The van der Waals surface area contributed by atoms with Crippen molar-refractivity contribution in [3.63, 3.8) is 0 Å². The highest BCUT2D eigenvalue weighted by molar-refractivity contribution is 5.97. The van der Waals surface area contributed by atoms with Gasteiger partial charge in [0, 0.05) is 6.42 Å². The zero-order valence-corrected chi connectivity index (χ0v) is 12.2. The highest BCUT2D eigenvalue weighted by Gasteiger charge is 2.45. The van der Waals surface area contributed by atoms with E-state index in [9.17, 15) is 9.18 Å². The molecule has 5 nitrogen and oxygen atoms in total. The fourth-order valence-electron chi connectivity index (χ4n) is 3.04. The molecular weight excluding hydrogens is 285 g/mol. The van der Waals surface area contributed by atoms with Crippen molar-refractivity contribution in [2.24, 2.45) is 5.41 Å². The van der Waals surface area contributed by atoms with Crippen LogP contribution in [0.5, 0.6) is 0 Å². The monoisotopic (exact) mass is 301 g/mol. The van der Waals surface area contributed by atoms with Gasteiger partial charge in [0.15, 0.2) is 12.0 Å². The highest BCUT2D eigenvalue weighted by Crippen LogP contribution is 2.40. The third kappa shape index (κ3) is 1.90. The Morgan fingerprint density at radius 2 is 2.09 bits per heavy atom. The van der Waals surface area contributed by atoms with Crippen molar-refractivity contribution < 1.29 is 13.9 Å². The van der Waals surface area contributed by atoms with Gasteiger partial charge in [0.05, 0.1) is 24.7 Å². The van der Waals surface area contributed by atoms with Crippen LogP contribution in [0.3, 0.4) is 0 Å². The van der Waals surface area contributed by atoms with Crippen LogP contribution in [-0.2, 0) is 4.74 Å². The van der Waals surface area contributed by atoms with Crippen LogP contribution in [0, 0.1) is 5.41 Å². The largest absolute Gasteiger partial charge is 0.379 e. The van der Waals surface area contributed by atoms with Crippen LogP contribution in [0.15, 0.2) is 30.3 Å². The quantitative estimate of drug-likeness (QED) is 0.817. The molecular formula is C16H16FN3O2. The van der Waals surface area contributed by atoms with Crippen LogP contribution in [0.25, 0.3) is 0 Å². The van der Waals surface area contributed by atoms with Crippen LogP contribution in [0.1, 0.15) is 47.6 Å². The second-order valence-corrected chi connectivity index (χ2v) is 6.25. The molecule has 3 heterocycles. The molecule has 1 aromatic heterocycles. The summed E-state index contributed by atoms with van der Waals surface area (Å²) in [6.07, 6.45) is -0.876. The lowest BCUT2D eigenvalue weighted by molar-refractivity contribution is -0.0772. The van der Waals surface area contributed by atoms with Gasteiger partial charge in [0.25, 0.3) is 0 Å². The number of hydrogen-bond acceptors (Lipinski definition) is 4. The fourth-order valence-corrected chi connectivity index (χ4v) is 3.04. The predicted octanol–water partition coefficient (Wildman–Crippen LogP) is 2.50. The van der Waals surface area contributed by atoms with E-state index >= 15 is 0 Å². The molecule has 1 saturated heterocycles. The molecule has 2 aliphatic heterocycles. The summed E-state index contributed by atoms with van der Waals surface area (Å²) in [5.74, 6) is 0.185. The summed E-state index contributed by atoms with van der Waals surface area (Å²) in [7, 11) is 0. The number of rotatable bonds is 3. The molecule has 0 unspecified atom stereocenters. The number of nitrogens with zero attached hydrogens (tertiary/aromatic N) is 3. The normalized spacial score (nSPS) is 25.5. The van der Waals surface area contributed by atoms with Gasteiger partial charge in [0.2, 0.25) is 11.6 Å². The highest BCUT2D eigenvalue weighted by atomic mass is 19.1. The third-order valence-electron chi connectivity index (χ3n) is 4.44. The molecule has 2 atom stereocenters. The molecule has 1 fully saturated rings. The van der Waals surface area contributed by atoms with Gasteiger partial charge in [-0.25, -0.2) is 14.1 Å². The Morgan fingerprint density at radius 3 is 2.73 bits per heavy atom. The molecule has 4 rings (SSSR count). The lowest BCUT2D eigenvalue weighted by Crippen LogP contribution is -2.46. The van der Waals surface area contributed by atoms with Gasteiger partial charge in [-0.3, -0.25) is 4.79 Å². The van der Waals surface area contributed by atoms with E-state index in [4.69, 9.17) is 4.74 Å². The third-order valence-corrected chi connectivity index (χ3v) is 4.44. The first-order chi connectivity index (χ1) is 10.6. The van der Waals surface area contributed by atoms with Crippen molar-refractivity contribution in [2.75, 3.05) is 13.2 Å². The topological polar surface area (TPSA) is 57.0 Å². The standard InChI is InChI=1S/C16H16FN3O2/c1-16(8-22-9-16)13(21)14-18-15-11(17)7-12(20(15)19-14)10-5-3-2-4-6-10/h2-6,11-12H,7-9H2,1H3/t11-,12-/m1/s1. The van der Waals surface area contributed by atoms with Gasteiger partial charge in [-0.2, -0.15) is 0 Å². The fraction of sp³-hybridized carbons (Fsp3) is 0.438. The molecule has 2 aromatic rings. The van der Waals surface area contributed by atoms with E-state index in [1.165, 1.54) is 0 Å². The molecule has 0 N–H and O–H groups in total. The summed E-state index contributed by atoms with van der Waals surface area (Å²) in [4.78, 5) is 16.6. The summed E-state index contributed by atoms with van der Waals surface area (Å²) < 4.78 is 20.9. The zero-order chi connectivity index (χ0) is 15.3. The maximum absolute atomic E-state index is 14.3. The van der Waals surface area contributed by atoms with Crippen molar-refractivity contribution in [1.82, 2.24) is 14.8 Å². The van der Waals surface area contributed by atoms with Crippen molar-refractivity contribution in [3.05, 3.63) is 47.5 Å². The van der Waals surface area contributed by atoms with Crippen molar-refractivity contribution in [1.29, 1.82) is 0 Å². The number of ketones is 1. The number of ether oxygens (including phenoxy) is 1. The molecule has 0 spiro atoms. The summed E-state index contributed by atoms with van der Waals surface area (Å²) >= 11 is 0. The smallest absolute Gasteiger partial charge is 0.218 e. The minimum atomic E-state index is -1.19. The molecule has 0 saturated carbocycles. The molecule has 0 radical (unpaired) electrons. The van der Waals surface area contributed by atoms with Crippen molar-refractivity contribution in [2.45, 2.75) is 25.6 Å². The van der Waals surface area contributed by atoms with E-state index < -0.39 is 11.6 Å². The van der Waals surface area contributed by atoms with E-state index in [2.05, 4.69) is 10.1 Å². The SMILES string of the molecule is CC1(C(=O)c2nc3n(n2)[C@@H](c2ccccc2)C[C@H]3F)COC1. The average Bonchev–Trinajstić information content (AvgIpc) is 3.06. The molecule has 1 aromatic carbocycles. The molecule has 114 valence electrons. The number of benzene rings is 1. The first kappa shape index (κ1) is 13.6. The second kappa shape index (κ2) is 4.71. The number of halogens is 1. The molecule has 6 heteroatoms. The molecule has 0 aliphatic carbocycles. The number of carbonyl (C=O) groups excluding carboxylic acids is 1. The van der Waals surface area contributed by atoms with Gasteiger partial charge < -0.3 is 4.74 Å². The summed E-state index contributed by atoms with van der Waals surface area (Å²) in [6.45, 7) is 2.57.